The Morgan fingerprint density at radius 2 is 1.94 bits per heavy atom. The van der Waals surface area contributed by atoms with E-state index >= 15 is 4.39 Å². The number of nitrogens with one attached hydrogen (secondary N) is 2. The lowest BCUT2D eigenvalue weighted by atomic mass is 9.97. The first-order chi connectivity index (χ1) is 16.7. The number of aromatic nitrogens is 5. The zero-order valence-electron chi connectivity index (χ0n) is 19.1. The van der Waals surface area contributed by atoms with Gasteiger partial charge in [0.2, 0.25) is 27.5 Å². The smallest absolute Gasteiger partial charge is 0.269 e. The second-order valence-corrected chi connectivity index (χ2v) is 9.79. The summed E-state index contributed by atoms with van der Waals surface area (Å²) in [7, 11) is -3.64. The lowest BCUT2D eigenvalue weighted by molar-refractivity contribution is -0.128. The van der Waals surface area contributed by atoms with Gasteiger partial charge in [0.1, 0.15) is 5.82 Å². The number of ether oxygens (including phenoxy) is 1. The number of alkyl halides is 1. The predicted octanol–water partition coefficient (Wildman–Crippen LogP) is 2.84. The van der Waals surface area contributed by atoms with Gasteiger partial charge in [-0.2, -0.15) is 0 Å². The van der Waals surface area contributed by atoms with Crippen LogP contribution in [0.2, 0.25) is 0 Å². The third-order valence-electron chi connectivity index (χ3n) is 5.31. The van der Waals surface area contributed by atoms with E-state index in [1.54, 1.807) is 12.3 Å². The molecule has 13 heteroatoms. The number of rotatable bonds is 10. The summed E-state index contributed by atoms with van der Waals surface area (Å²) in [5.74, 6) is -0.785. The largest absolute Gasteiger partial charge is 0.477 e. The maximum Gasteiger partial charge on any atom is 0.269 e. The van der Waals surface area contributed by atoms with E-state index in [2.05, 4.69) is 35.0 Å². The van der Waals surface area contributed by atoms with Gasteiger partial charge in [0.25, 0.3) is 5.91 Å². The van der Waals surface area contributed by atoms with Crippen molar-refractivity contribution in [2.45, 2.75) is 44.0 Å². The number of carbonyl (C=O) groups excluding carboxylic acids is 1. The van der Waals surface area contributed by atoms with Crippen molar-refractivity contribution in [2.24, 2.45) is 0 Å². The summed E-state index contributed by atoms with van der Waals surface area (Å²) >= 11 is 0. The van der Waals surface area contributed by atoms with E-state index in [4.69, 9.17) is 4.74 Å². The summed E-state index contributed by atoms with van der Waals surface area (Å²) in [6.45, 7) is 3.77. The molecule has 0 spiro atoms. The van der Waals surface area contributed by atoms with Gasteiger partial charge in [-0.05, 0) is 44.4 Å². The van der Waals surface area contributed by atoms with Crippen molar-refractivity contribution in [3.63, 3.8) is 0 Å². The molecule has 0 saturated heterocycles. The number of anilines is 2. The maximum absolute atomic E-state index is 15.8. The minimum Gasteiger partial charge on any atom is -0.477 e. The molecule has 1 atom stereocenters. The third-order valence-corrected chi connectivity index (χ3v) is 7.13. The van der Waals surface area contributed by atoms with Crippen LogP contribution in [0.3, 0.4) is 0 Å². The highest BCUT2D eigenvalue weighted by molar-refractivity contribution is 7.93. The van der Waals surface area contributed by atoms with Crippen molar-refractivity contribution in [3.8, 4) is 17.1 Å². The Morgan fingerprint density at radius 3 is 2.60 bits per heavy atom. The summed E-state index contributed by atoms with van der Waals surface area (Å²) in [6, 6.07) is 4.40. The molecule has 35 heavy (non-hydrogen) atoms. The van der Waals surface area contributed by atoms with Gasteiger partial charge in [-0.1, -0.05) is 6.92 Å². The molecule has 3 aromatic rings. The molecule has 0 unspecified atom stereocenters. The molecule has 3 heterocycles. The van der Waals surface area contributed by atoms with Crippen molar-refractivity contribution in [1.29, 1.82) is 0 Å². The Kier molecular flexibility index (Phi) is 6.87. The van der Waals surface area contributed by atoms with E-state index in [0.29, 0.717) is 36.6 Å². The van der Waals surface area contributed by atoms with Gasteiger partial charge >= 0.3 is 0 Å². The van der Waals surface area contributed by atoms with Crippen molar-refractivity contribution in [2.75, 3.05) is 16.6 Å². The van der Waals surface area contributed by atoms with E-state index in [0.717, 1.165) is 0 Å². The van der Waals surface area contributed by atoms with Crippen molar-refractivity contribution < 1.29 is 22.3 Å². The van der Waals surface area contributed by atoms with E-state index in [1.807, 2.05) is 6.92 Å². The second-order valence-electron chi connectivity index (χ2n) is 7.83. The quantitative estimate of drug-likeness (QED) is 0.427. The summed E-state index contributed by atoms with van der Waals surface area (Å²) in [6.07, 6.45) is 6.57. The highest BCUT2D eigenvalue weighted by Gasteiger charge is 2.41. The van der Waals surface area contributed by atoms with Crippen LogP contribution in [-0.2, 0) is 20.5 Å². The molecule has 0 aliphatic heterocycles. The number of hydrogen-bond acceptors (Lipinski definition) is 9. The molecule has 0 bridgehead atoms. The molecule has 1 amide bonds. The average Bonchev–Trinajstić information content (AvgIpc) is 3.71. The topological polar surface area (TPSA) is 149 Å². The number of halogens is 1. The van der Waals surface area contributed by atoms with E-state index < -0.39 is 26.8 Å². The zero-order chi connectivity index (χ0) is 25.1. The average molecular weight is 502 g/mol. The fourth-order valence-corrected chi connectivity index (χ4v) is 4.49. The fraction of sp³-hybridized carbons (Fsp3) is 0.364. The number of sulfonamides is 1. The van der Waals surface area contributed by atoms with Crippen LogP contribution in [-0.4, -0.2) is 51.1 Å². The molecule has 1 saturated carbocycles. The molecule has 4 rings (SSSR count). The minimum absolute atomic E-state index is 0.117. The van der Waals surface area contributed by atoms with Gasteiger partial charge in [-0.15, -0.1) is 0 Å². The fourth-order valence-electron chi connectivity index (χ4n) is 3.21. The van der Waals surface area contributed by atoms with Crippen molar-refractivity contribution in [1.82, 2.24) is 24.9 Å². The monoisotopic (exact) mass is 501 g/mol. The number of carbonyl (C=O) groups is 1. The highest BCUT2D eigenvalue weighted by atomic mass is 32.2. The standard InChI is InChI=1S/C22H24FN7O4S/c1-3-22(23,17-9-10-25-21(28-17)30-35(32,33)15-6-7-15)20(31)29-18-8-5-14(11-26-18)16-12-24-13-19(27-16)34-4-2/h5,8-13,15H,3-4,6-7H2,1-2H3,(H,25,28,30)(H,26,29,31)/t22-/m1/s1. The van der Waals surface area contributed by atoms with Crippen LogP contribution in [0.5, 0.6) is 5.88 Å². The molecule has 1 aliphatic rings. The van der Waals surface area contributed by atoms with E-state index in [9.17, 15) is 13.2 Å². The molecular formula is C22H24FN7O4S. The second kappa shape index (κ2) is 9.86. The molecule has 2 N–H and O–H groups in total. The van der Waals surface area contributed by atoms with Crippen LogP contribution in [0.15, 0.2) is 43.0 Å². The molecule has 0 aromatic carbocycles. The van der Waals surface area contributed by atoms with Gasteiger partial charge in [0.05, 0.1) is 35.6 Å². The molecular weight excluding hydrogens is 477 g/mol. The van der Waals surface area contributed by atoms with Gasteiger partial charge in [0.15, 0.2) is 0 Å². The number of amides is 1. The molecule has 1 aliphatic carbocycles. The number of hydrogen-bond donors (Lipinski definition) is 2. The van der Waals surface area contributed by atoms with Crippen LogP contribution in [0, 0.1) is 0 Å². The highest BCUT2D eigenvalue weighted by Crippen LogP contribution is 2.32. The van der Waals surface area contributed by atoms with Gasteiger partial charge < -0.3 is 10.1 Å². The molecule has 3 aromatic heterocycles. The Bertz CT molecular complexity index is 1320. The van der Waals surface area contributed by atoms with Crippen molar-refractivity contribution >= 4 is 27.7 Å². The van der Waals surface area contributed by atoms with Gasteiger partial charge in [-0.25, -0.2) is 32.7 Å². The summed E-state index contributed by atoms with van der Waals surface area (Å²) in [5.41, 5.74) is -1.65. The Hall–Kier alpha value is -3.74. The van der Waals surface area contributed by atoms with Crippen LogP contribution < -0.4 is 14.8 Å². The minimum atomic E-state index is -3.64. The molecule has 0 radical (unpaired) electrons. The lowest BCUT2D eigenvalue weighted by Crippen LogP contribution is -2.37. The predicted molar refractivity (Wildman–Crippen MR) is 126 cm³/mol. The number of nitrogens with zero attached hydrogens (tertiary/aromatic N) is 5. The summed E-state index contributed by atoms with van der Waals surface area (Å²) in [4.78, 5) is 33.3. The van der Waals surface area contributed by atoms with Gasteiger partial charge in [0, 0.05) is 18.0 Å². The van der Waals surface area contributed by atoms with E-state index in [1.165, 1.54) is 37.6 Å². The van der Waals surface area contributed by atoms with Crippen LogP contribution in [0.25, 0.3) is 11.3 Å². The first-order valence-corrected chi connectivity index (χ1v) is 12.6. The van der Waals surface area contributed by atoms with Gasteiger partial charge in [-0.3, -0.25) is 14.5 Å². The Morgan fingerprint density at radius 1 is 1.14 bits per heavy atom. The van der Waals surface area contributed by atoms with Crippen LogP contribution in [0.1, 0.15) is 38.8 Å². The first kappa shape index (κ1) is 24.4. The summed E-state index contributed by atoms with van der Waals surface area (Å²) in [5, 5.41) is 1.95. The molecule has 184 valence electrons. The Labute approximate surface area is 201 Å². The zero-order valence-corrected chi connectivity index (χ0v) is 19.9. The number of pyridine rings is 1. The first-order valence-electron chi connectivity index (χ1n) is 11.0. The Balaban J connectivity index is 1.50. The summed E-state index contributed by atoms with van der Waals surface area (Å²) < 4.78 is 47.8. The SMILES string of the molecule is CCOc1cncc(-c2ccc(NC(=O)[C@@](F)(CC)c3ccnc(NS(=O)(=O)C4CC4)n3)nc2)n1. The van der Waals surface area contributed by atoms with E-state index in [-0.39, 0.29) is 23.9 Å². The maximum atomic E-state index is 15.8. The lowest BCUT2D eigenvalue weighted by Gasteiger charge is -2.22. The molecule has 1 fully saturated rings. The molecule has 11 nitrogen and oxygen atoms in total. The normalized spacial score (nSPS) is 15.2. The van der Waals surface area contributed by atoms with Crippen molar-refractivity contribution in [3.05, 3.63) is 48.7 Å². The van der Waals surface area contributed by atoms with Crippen LogP contribution in [0.4, 0.5) is 16.2 Å². The van der Waals surface area contributed by atoms with Crippen LogP contribution >= 0.6 is 0 Å². The third kappa shape index (κ3) is 5.50.